The number of likely N-dealkylation sites (tertiary alicyclic amines) is 1. The summed E-state index contributed by atoms with van der Waals surface area (Å²) < 4.78 is 5.45. The molecule has 1 aromatic carbocycles. The normalized spacial score (nSPS) is 19.2. The van der Waals surface area contributed by atoms with Crippen molar-refractivity contribution < 1.29 is 9.53 Å². The summed E-state index contributed by atoms with van der Waals surface area (Å²) in [6.07, 6.45) is 3.65. The number of ether oxygens (including phenoxy) is 1. The van der Waals surface area contributed by atoms with E-state index in [-0.39, 0.29) is 12.1 Å². The molecule has 0 N–H and O–H groups in total. The minimum atomic E-state index is -0.447. The maximum atomic E-state index is 12.2. The van der Waals surface area contributed by atoms with E-state index in [1.165, 1.54) is 0 Å². The third-order valence-electron chi connectivity index (χ3n) is 3.36. The zero-order valence-electron chi connectivity index (χ0n) is 13.1. The van der Waals surface area contributed by atoms with Crippen LogP contribution in [0.4, 0.5) is 4.79 Å². The summed E-state index contributed by atoms with van der Waals surface area (Å²) in [5.41, 5.74) is 0.636. The number of carbonyl (C=O) groups excluding carboxylic acids is 1. The van der Waals surface area contributed by atoms with Gasteiger partial charge in [0.05, 0.1) is 12.6 Å². The monoisotopic (exact) mass is 288 g/mol. The van der Waals surface area contributed by atoms with Crippen molar-refractivity contribution in [2.75, 3.05) is 13.1 Å². The van der Waals surface area contributed by atoms with E-state index in [0.717, 1.165) is 24.9 Å². The van der Waals surface area contributed by atoms with Crippen molar-refractivity contribution in [2.45, 2.75) is 45.3 Å². The summed E-state index contributed by atoms with van der Waals surface area (Å²) in [4.78, 5) is 18.4. The first-order valence-corrected chi connectivity index (χ1v) is 7.50. The molecule has 1 aliphatic rings. The van der Waals surface area contributed by atoms with Crippen molar-refractivity contribution in [1.82, 2.24) is 4.90 Å². The van der Waals surface area contributed by atoms with Crippen LogP contribution in [-0.2, 0) is 4.74 Å². The highest BCUT2D eigenvalue weighted by molar-refractivity contribution is 5.79. The number of carbonyl (C=O) groups is 1. The Balaban J connectivity index is 1.90. The van der Waals surface area contributed by atoms with E-state index in [2.05, 4.69) is 4.99 Å². The van der Waals surface area contributed by atoms with E-state index in [0.29, 0.717) is 6.54 Å². The van der Waals surface area contributed by atoms with E-state index >= 15 is 0 Å². The van der Waals surface area contributed by atoms with Crippen molar-refractivity contribution in [3.63, 3.8) is 0 Å². The minimum absolute atomic E-state index is 0.153. The lowest BCUT2D eigenvalue weighted by atomic mass is 10.2. The van der Waals surface area contributed by atoms with Crippen molar-refractivity contribution in [3.05, 3.63) is 35.9 Å². The number of benzene rings is 1. The predicted octanol–water partition coefficient (Wildman–Crippen LogP) is 3.51. The molecule has 2 rings (SSSR count). The lowest BCUT2D eigenvalue weighted by molar-refractivity contribution is 0.0233. The van der Waals surface area contributed by atoms with Gasteiger partial charge in [0.1, 0.15) is 5.60 Å². The molecule has 1 saturated heterocycles. The highest BCUT2D eigenvalue weighted by Crippen LogP contribution is 2.21. The fourth-order valence-electron chi connectivity index (χ4n) is 2.41. The van der Waals surface area contributed by atoms with Gasteiger partial charge in [0.25, 0.3) is 0 Å². The fourth-order valence-corrected chi connectivity index (χ4v) is 2.41. The van der Waals surface area contributed by atoms with Crippen LogP contribution in [0.25, 0.3) is 0 Å². The Morgan fingerprint density at radius 3 is 2.76 bits per heavy atom. The van der Waals surface area contributed by atoms with Gasteiger partial charge in [0, 0.05) is 12.8 Å². The molecule has 1 aromatic rings. The van der Waals surface area contributed by atoms with Gasteiger partial charge in [-0.3, -0.25) is 4.99 Å². The molecule has 1 atom stereocenters. The highest BCUT2D eigenvalue weighted by atomic mass is 16.6. The zero-order valence-corrected chi connectivity index (χ0v) is 13.1. The molecular formula is C17H24N2O2. The van der Waals surface area contributed by atoms with Crippen molar-refractivity contribution in [1.29, 1.82) is 0 Å². The number of aliphatic imine (C=N–C) groups is 1. The van der Waals surface area contributed by atoms with E-state index in [4.69, 9.17) is 4.74 Å². The molecule has 114 valence electrons. The second kappa shape index (κ2) is 6.74. The average Bonchev–Trinajstić information content (AvgIpc) is 2.86. The maximum absolute atomic E-state index is 12.2. The predicted molar refractivity (Wildman–Crippen MR) is 84.9 cm³/mol. The first-order valence-electron chi connectivity index (χ1n) is 7.50. The Labute approximate surface area is 126 Å². The molecule has 1 aliphatic heterocycles. The van der Waals surface area contributed by atoms with E-state index in [1.54, 1.807) is 0 Å². The van der Waals surface area contributed by atoms with Gasteiger partial charge >= 0.3 is 6.09 Å². The summed E-state index contributed by atoms with van der Waals surface area (Å²) in [5.74, 6) is 0. The van der Waals surface area contributed by atoms with Crippen LogP contribution in [0.15, 0.2) is 35.3 Å². The zero-order chi connectivity index (χ0) is 15.3. The van der Waals surface area contributed by atoms with Gasteiger partial charge in [-0.25, -0.2) is 4.79 Å². The summed E-state index contributed by atoms with van der Waals surface area (Å²) in [6, 6.07) is 10.2. The van der Waals surface area contributed by atoms with Crippen LogP contribution in [0.1, 0.15) is 39.2 Å². The third kappa shape index (κ3) is 4.88. The number of hydrogen-bond acceptors (Lipinski definition) is 3. The first-order chi connectivity index (χ1) is 9.96. The molecular weight excluding hydrogens is 264 g/mol. The quantitative estimate of drug-likeness (QED) is 0.799. The van der Waals surface area contributed by atoms with Gasteiger partial charge in [-0.05, 0) is 39.2 Å². The molecule has 0 radical (unpaired) electrons. The Bertz CT molecular complexity index is 491. The third-order valence-corrected chi connectivity index (χ3v) is 3.36. The van der Waals surface area contributed by atoms with Gasteiger partial charge in [-0.2, -0.15) is 0 Å². The molecule has 21 heavy (non-hydrogen) atoms. The lowest BCUT2D eigenvalue weighted by Crippen LogP contribution is -2.41. The molecule has 4 heteroatoms. The number of amides is 1. The van der Waals surface area contributed by atoms with Gasteiger partial charge < -0.3 is 9.64 Å². The Morgan fingerprint density at radius 2 is 2.10 bits per heavy atom. The van der Waals surface area contributed by atoms with Crippen molar-refractivity contribution in [2.24, 2.45) is 4.99 Å². The van der Waals surface area contributed by atoms with Crippen LogP contribution in [0.2, 0.25) is 0 Å². The Morgan fingerprint density at radius 1 is 1.38 bits per heavy atom. The molecule has 0 saturated carbocycles. The first kappa shape index (κ1) is 15.5. The topological polar surface area (TPSA) is 41.9 Å². The summed E-state index contributed by atoms with van der Waals surface area (Å²) in [6.45, 7) is 7.07. The van der Waals surface area contributed by atoms with Crippen LogP contribution >= 0.6 is 0 Å². The second-order valence-corrected chi connectivity index (χ2v) is 6.37. The summed E-state index contributed by atoms with van der Waals surface area (Å²) in [7, 11) is 0. The molecule has 1 fully saturated rings. The number of nitrogens with zero attached hydrogens (tertiary/aromatic N) is 2. The molecule has 1 heterocycles. The number of hydrogen-bond donors (Lipinski definition) is 0. The largest absolute Gasteiger partial charge is 0.444 e. The second-order valence-electron chi connectivity index (χ2n) is 6.37. The SMILES string of the molecule is CC(C)(C)OC(=O)N1CCCC1CN=Cc1ccccc1. The van der Waals surface area contributed by atoms with Crippen LogP contribution in [0.3, 0.4) is 0 Å². The molecule has 0 aromatic heterocycles. The Hall–Kier alpha value is -1.84. The van der Waals surface area contributed by atoms with E-state index in [9.17, 15) is 4.79 Å². The Kier molecular flexibility index (Phi) is 4.99. The molecule has 0 spiro atoms. The molecule has 0 aliphatic carbocycles. The number of rotatable bonds is 3. The van der Waals surface area contributed by atoms with Gasteiger partial charge in [-0.15, -0.1) is 0 Å². The molecule has 1 unspecified atom stereocenters. The lowest BCUT2D eigenvalue weighted by Gasteiger charge is -2.27. The summed E-state index contributed by atoms with van der Waals surface area (Å²) in [5, 5.41) is 0. The van der Waals surface area contributed by atoms with E-state index in [1.807, 2.05) is 62.2 Å². The minimum Gasteiger partial charge on any atom is -0.444 e. The molecule has 4 nitrogen and oxygen atoms in total. The van der Waals surface area contributed by atoms with Crippen LogP contribution in [0.5, 0.6) is 0 Å². The smallest absolute Gasteiger partial charge is 0.410 e. The van der Waals surface area contributed by atoms with Gasteiger partial charge in [0.15, 0.2) is 0 Å². The average molecular weight is 288 g/mol. The van der Waals surface area contributed by atoms with Crippen molar-refractivity contribution >= 4 is 12.3 Å². The molecule has 0 bridgehead atoms. The van der Waals surface area contributed by atoms with Crippen molar-refractivity contribution in [3.8, 4) is 0 Å². The van der Waals surface area contributed by atoms with Crippen LogP contribution in [-0.4, -0.2) is 41.9 Å². The van der Waals surface area contributed by atoms with Crippen LogP contribution in [0, 0.1) is 0 Å². The summed E-state index contributed by atoms with van der Waals surface area (Å²) >= 11 is 0. The van der Waals surface area contributed by atoms with E-state index < -0.39 is 5.60 Å². The van der Waals surface area contributed by atoms with Gasteiger partial charge in [-0.1, -0.05) is 30.3 Å². The highest BCUT2D eigenvalue weighted by Gasteiger charge is 2.31. The fraction of sp³-hybridized carbons (Fsp3) is 0.529. The molecule has 1 amide bonds. The van der Waals surface area contributed by atoms with Crippen LogP contribution < -0.4 is 0 Å². The maximum Gasteiger partial charge on any atom is 0.410 e. The van der Waals surface area contributed by atoms with Gasteiger partial charge in [0.2, 0.25) is 0 Å². The standard InChI is InChI=1S/C17H24N2O2/c1-17(2,3)21-16(20)19-11-7-10-15(19)13-18-12-14-8-5-4-6-9-14/h4-6,8-9,12,15H,7,10-11,13H2,1-3H3.